The van der Waals surface area contributed by atoms with E-state index in [9.17, 15) is 4.79 Å². The number of rotatable bonds is 8. The molecule has 1 N–H and O–H groups in total. The van der Waals surface area contributed by atoms with Gasteiger partial charge in [-0.15, -0.1) is 0 Å². The fraction of sp³-hybridized carbons (Fsp3) is 0.933. The van der Waals surface area contributed by atoms with E-state index in [1.54, 1.807) is 0 Å². The second-order valence-corrected chi connectivity index (χ2v) is 6.42. The van der Waals surface area contributed by atoms with Crippen LogP contribution in [-0.2, 0) is 9.53 Å². The summed E-state index contributed by atoms with van der Waals surface area (Å²) in [6, 6.07) is 0.520. The normalized spacial score (nSPS) is 16.4. The molecule has 0 unspecified atom stereocenters. The van der Waals surface area contributed by atoms with E-state index in [4.69, 9.17) is 4.74 Å². The SMILES string of the molecule is CCOC(=O)C(CC(C)C)(CC(C)C)NC1CC1. The first-order valence-electron chi connectivity index (χ1n) is 7.34. The largest absolute Gasteiger partial charge is 0.465 e. The second kappa shape index (κ2) is 6.55. The maximum absolute atomic E-state index is 12.4. The summed E-state index contributed by atoms with van der Waals surface area (Å²) in [5.74, 6) is 0.915. The highest BCUT2D eigenvalue weighted by atomic mass is 16.5. The first kappa shape index (κ1) is 15.5. The van der Waals surface area contributed by atoms with E-state index >= 15 is 0 Å². The van der Waals surface area contributed by atoms with Crippen molar-refractivity contribution in [2.24, 2.45) is 11.8 Å². The van der Waals surface area contributed by atoms with Crippen molar-refractivity contribution in [1.82, 2.24) is 5.32 Å². The van der Waals surface area contributed by atoms with Gasteiger partial charge in [-0.1, -0.05) is 27.7 Å². The average molecular weight is 255 g/mol. The number of hydrogen-bond donors (Lipinski definition) is 1. The molecule has 0 saturated heterocycles. The molecule has 18 heavy (non-hydrogen) atoms. The fourth-order valence-corrected chi connectivity index (χ4v) is 2.71. The molecule has 0 aromatic heterocycles. The summed E-state index contributed by atoms with van der Waals surface area (Å²) in [5, 5.41) is 3.58. The zero-order valence-electron chi connectivity index (χ0n) is 12.6. The molecule has 1 aliphatic carbocycles. The molecule has 1 fully saturated rings. The zero-order valence-corrected chi connectivity index (χ0v) is 12.6. The van der Waals surface area contributed by atoms with Crippen LogP contribution in [0.25, 0.3) is 0 Å². The molecule has 106 valence electrons. The molecule has 1 aliphatic rings. The van der Waals surface area contributed by atoms with Gasteiger partial charge in [0.25, 0.3) is 0 Å². The van der Waals surface area contributed by atoms with Crippen molar-refractivity contribution in [3.05, 3.63) is 0 Å². The van der Waals surface area contributed by atoms with Crippen molar-refractivity contribution in [2.45, 2.75) is 71.9 Å². The molecule has 1 saturated carbocycles. The number of nitrogens with one attached hydrogen (secondary N) is 1. The van der Waals surface area contributed by atoms with Crippen LogP contribution >= 0.6 is 0 Å². The van der Waals surface area contributed by atoms with E-state index in [1.807, 2.05) is 6.92 Å². The Morgan fingerprint density at radius 2 is 1.72 bits per heavy atom. The topological polar surface area (TPSA) is 38.3 Å². The van der Waals surface area contributed by atoms with Gasteiger partial charge in [-0.3, -0.25) is 10.1 Å². The zero-order chi connectivity index (χ0) is 13.8. The van der Waals surface area contributed by atoms with Crippen molar-refractivity contribution < 1.29 is 9.53 Å². The number of hydrogen-bond acceptors (Lipinski definition) is 3. The van der Waals surface area contributed by atoms with Crippen LogP contribution < -0.4 is 5.32 Å². The average Bonchev–Trinajstić information content (AvgIpc) is 2.99. The van der Waals surface area contributed by atoms with E-state index in [0.29, 0.717) is 24.5 Å². The number of esters is 1. The Hall–Kier alpha value is -0.570. The standard InChI is InChI=1S/C15H29NO2/c1-6-18-14(17)15(9-11(2)3,10-12(4)5)16-13-7-8-13/h11-13,16H,6-10H2,1-5H3. The summed E-state index contributed by atoms with van der Waals surface area (Å²) in [4.78, 5) is 12.4. The van der Waals surface area contributed by atoms with E-state index in [-0.39, 0.29) is 5.97 Å². The first-order chi connectivity index (χ1) is 8.39. The third kappa shape index (κ3) is 4.60. The molecule has 0 atom stereocenters. The second-order valence-electron chi connectivity index (χ2n) is 6.42. The lowest BCUT2D eigenvalue weighted by molar-refractivity contribution is -0.153. The smallest absolute Gasteiger partial charge is 0.326 e. The van der Waals surface area contributed by atoms with Crippen LogP contribution in [0.5, 0.6) is 0 Å². The maximum atomic E-state index is 12.4. The predicted octanol–water partition coefficient (Wildman–Crippen LogP) is 3.13. The van der Waals surface area contributed by atoms with Crippen LogP contribution in [0.15, 0.2) is 0 Å². The monoisotopic (exact) mass is 255 g/mol. The van der Waals surface area contributed by atoms with Gasteiger partial charge in [-0.2, -0.15) is 0 Å². The molecule has 0 radical (unpaired) electrons. The fourth-order valence-electron chi connectivity index (χ4n) is 2.71. The molecule has 0 amide bonds. The van der Waals surface area contributed by atoms with Crippen molar-refractivity contribution in [3.63, 3.8) is 0 Å². The molecule has 0 aliphatic heterocycles. The quantitative estimate of drug-likeness (QED) is 0.677. The lowest BCUT2D eigenvalue weighted by Gasteiger charge is -2.35. The van der Waals surface area contributed by atoms with Crippen molar-refractivity contribution in [2.75, 3.05) is 6.61 Å². The Labute approximate surface area is 112 Å². The van der Waals surface area contributed by atoms with E-state index < -0.39 is 5.54 Å². The summed E-state index contributed by atoms with van der Waals surface area (Å²) < 4.78 is 5.34. The van der Waals surface area contributed by atoms with Gasteiger partial charge in [-0.05, 0) is 44.4 Å². The number of carbonyl (C=O) groups is 1. The summed E-state index contributed by atoms with van der Waals surface area (Å²) >= 11 is 0. The molecule has 0 spiro atoms. The van der Waals surface area contributed by atoms with Crippen LogP contribution in [0.2, 0.25) is 0 Å². The summed E-state index contributed by atoms with van der Waals surface area (Å²) in [6.45, 7) is 11.0. The Balaban J connectivity index is 2.85. The highest BCUT2D eigenvalue weighted by Crippen LogP contribution is 2.31. The Kier molecular flexibility index (Phi) is 5.64. The lowest BCUT2D eigenvalue weighted by Crippen LogP contribution is -2.55. The molecule has 0 bridgehead atoms. The van der Waals surface area contributed by atoms with Gasteiger partial charge in [0.1, 0.15) is 5.54 Å². The molecule has 3 heteroatoms. The van der Waals surface area contributed by atoms with E-state index in [2.05, 4.69) is 33.0 Å². The lowest BCUT2D eigenvalue weighted by atomic mass is 9.81. The Morgan fingerprint density at radius 1 is 1.22 bits per heavy atom. The number of carbonyl (C=O) groups excluding carboxylic acids is 1. The molecule has 0 heterocycles. The minimum atomic E-state index is -0.473. The third-order valence-electron chi connectivity index (χ3n) is 3.24. The van der Waals surface area contributed by atoms with E-state index in [0.717, 1.165) is 12.8 Å². The van der Waals surface area contributed by atoms with Gasteiger partial charge in [0, 0.05) is 6.04 Å². The minimum Gasteiger partial charge on any atom is -0.465 e. The van der Waals surface area contributed by atoms with Crippen LogP contribution in [-0.4, -0.2) is 24.2 Å². The summed E-state index contributed by atoms with van der Waals surface area (Å²) in [6.07, 6.45) is 4.11. The van der Waals surface area contributed by atoms with Gasteiger partial charge < -0.3 is 4.74 Å². The van der Waals surface area contributed by atoms with Gasteiger partial charge in [0.15, 0.2) is 0 Å². The van der Waals surface area contributed by atoms with Crippen molar-refractivity contribution in [1.29, 1.82) is 0 Å². The molecular weight excluding hydrogens is 226 g/mol. The van der Waals surface area contributed by atoms with Crippen molar-refractivity contribution >= 4 is 5.97 Å². The van der Waals surface area contributed by atoms with Crippen LogP contribution in [0.1, 0.15) is 60.3 Å². The first-order valence-corrected chi connectivity index (χ1v) is 7.34. The van der Waals surface area contributed by atoms with E-state index in [1.165, 1.54) is 12.8 Å². The van der Waals surface area contributed by atoms with Gasteiger partial charge in [0.05, 0.1) is 6.61 Å². The predicted molar refractivity (Wildman–Crippen MR) is 74.4 cm³/mol. The summed E-state index contributed by atoms with van der Waals surface area (Å²) in [5.41, 5.74) is -0.473. The molecular formula is C15H29NO2. The van der Waals surface area contributed by atoms with Crippen LogP contribution in [0.4, 0.5) is 0 Å². The van der Waals surface area contributed by atoms with Crippen molar-refractivity contribution in [3.8, 4) is 0 Å². The highest BCUT2D eigenvalue weighted by Gasteiger charge is 2.44. The minimum absolute atomic E-state index is 0.0562. The van der Waals surface area contributed by atoms with Crippen LogP contribution in [0, 0.1) is 11.8 Å². The Bertz CT molecular complexity index is 251. The third-order valence-corrected chi connectivity index (χ3v) is 3.24. The Morgan fingerprint density at radius 3 is 2.06 bits per heavy atom. The summed E-state index contributed by atoms with van der Waals surface area (Å²) in [7, 11) is 0. The van der Waals surface area contributed by atoms with Gasteiger partial charge in [0.2, 0.25) is 0 Å². The number of ether oxygens (including phenoxy) is 1. The molecule has 1 rings (SSSR count). The van der Waals surface area contributed by atoms with Gasteiger partial charge in [-0.25, -0.2) is 0 Å². The highest BCUT2D eigenvalue weighted by molar-refractivity contribution is 5.81. The van der Waals surface area contributed by atoms with Gasteiger partial charge >= 0.3 is 5.97 Å². The van der Waals surface area contributed by atoms with Crippen LogP contribution in [0.3, 0.4) is 0 Å². The maximum Gasteiger partial charge on any atom is 0.326 e. The molecule has 0 aromatic carbocycles. The molecule has 3 nitrogen and oxygen atoms in total. The molecule has 0 aromatic rings.